The van der Waals surface area contributed by atoms with Crippen LogP contribution in [0.15, 0.2) is 29.6 Å². The normalized spacial score (nSPS) is 10.5. The Bertz CT molecular complexity index is 503. The molecule has 3 rings (SSSR count). The van der Waals surface area contributed by atoms with Gasteiger partial charge in [0.2, 0.25) is 0 Å². The van der Waals surface area contributed by atoms with E-state index in [0.717, 1.165) is 16.8 Å². The zero-order valence-electron chi connectivity index (χ0n) is 8.08. The molecule has 1 radical (unpaired) electrons. The van der Waals surface area contributed by atoms with Crippen LogP contribution in [0.25, 0.3) is 22.6 Å². The number of nitrogens with zero attached hydrogens (tertiary/aromatic N) is 4. The molecule has 1 aromatic carbocycles. The van der Waals surface area contributed by atoms with Gasteiger partial charge in [-0.25, -0.2) is 10.1 Å². The Morgan fingerprint density at radius 3 is 2.56 bits per heavy atom. The number of benzene rings is 1. The van der Waals surface area contributed by atoms with Gasteiger partial charge in [-0.15, -0.1) is 16.4 Å². The van der Waals surface area contributed by atoms with Gasteiger partial charge in [0.1, 0.15) is 0 Å². The van der Waals surface area contributed by atoms with E-state index in [0.29, 0.717) is 5.82 Å². The monoisotopic (exact) mass is 228 g/mol. The first-order valence-electron chi connectivity index (χ1n) is 4.59. The van der Waals surface area contributed by atoms with E-state index in [2.05, 4.69) is 31.1 Å². The van der Waals surface area contributed by atoms with E-state index in [1.54, 1.807) is 0 Å². The molecule has 2 aromatic heterocycles. The van der Waals surface area contributed by atoms with E-state index in [1.807, 2.05) is 29.6 Å². The van der Waals surface area contributed by atoms with Crippen LogP contribution in [-0.4, -0.2) is 25.6 Å². The fourth-order valence-corrected chi connectivity index (χ4v) is 1.90. The van der Waals surface area contributed by atoms with Gasteiger partial charge in [0.05, 0.1) is 5.69 Å². The number of aromatic amines is 1. The van der Waals surface area contributed by atoms with Crippen molar-refractivity contribution in [3.05, 3.63) is 35.2 Å². The van der Waals surface area contributed by atoms with Crippen LogP contribution in [0.4, 0.5) is 0 Å². The van der Waals surface area contributed by atoms with Gasteiger partial charge in [0.15, 0.2) is 11.3 Å². The van der Waals surface area contributed by atoms with Crippen LogP contribution in [0.3, 0.4) is 0 Å². The molecule has 0 amide bonds. The fourth-order valence-electron chi connectivity index (χ4n) is 1.40. The Balaban J connectivity index is 1.97. The lowest BCUT2D eigenvalue weighted by Crippen LogP contribution is -1.82. The summed E-state index contributed by atoms with van der Waals surface area (Å²) >= 11 is 1.46. The van der Waals surface area contributed by atoms with Crippen LogP contribution < -0.4 is 0 Å². The molecule has 2 heterocycles. The molecule has 0 aliphatic heterocycles. The molecule has 0 aliphatic rings. The van der Waals surface area contributed by atoms with Gasteiger partial charge in [0, 0.05) is 16.5 Å². The number of rotatable bonds is 2. The van der Waals surface area contributed by atoms with E-state index >= 15 is 0 Å². The van der Waals surface area contributed by atoms with E-state index in [4.69, 9.17) is 0 Å². The number of nitrogens with one attached hydrogen (secondary N) is 1. The summed E-state index contributed by atoms with van der Waals surface area (Å²) < 4.78 is 0. The molecule has 0 aliphatic carbocycles. The summed E-state index contributed by atoms with van der Waals surface area (Å²) in [4.78, 5) is 4.12. The third-order valence-corrected chi connectivity index (χ3v) is 2.73. The molecule has 0 fully saturated rings. The van der Waals surface area contributed by atoms with Crippen molar-refractivity contribution >= 4 is 11.3 Å². The summed E-state index contributed by atoms with van der Waals surface area (Å²) in [7, 11) is 0. The zero-order valence-corrected chi connectivity index (χ0v) is 8.90. The Morgan fingerprint density at radius 2 is 1.94 bits per heavy atom. The van der Waals surface area contributed by atoms with Gasteiger partial charge in [-0.2, -0.15) is 0 Å². The maximum atomic E-state index is 4.12. The molecule has 0 bridgehead atoms. The first kappa shape index (κ1) is 9.17. The van der Waals surface area contributed by atoms with Gasteiger partial charge in [0.25, 0.3) is 0 Å². The lowest BCUT2D eigenvalue weighted by Gasteiger charge is -1.98. The molecular formula is C10H6N5S. The molecule has 0 unspecified atom stereocenters. The van der Waals surface area contributed by atoms with Crippen molar-refractivity contribution in [3.63, 3.8) is 0 Å². The second-order valence-corrected chi connectivity index (χ2v) is 3.81. The van der Waals surface area contributed by atoms with E-state index in [9.17, 15) is 0 Å². The first-order valence-corrected chi connectivity index (χ1v) is 5.47. The minimum atomic E-state index is 0.663. The van der Waals surface area contributed by atoms with Gasteiger partial charge < -0.3 is 0 Å². The summed E-state index contributed by atoms with van der Waals surface area (Å²) in [6.07, 6.45) is 0. The molecule has 0 atom stereocenters. The number of thiazole rings is 1. The van der Waals surface area contributed by atoms with E-state index in [1.165, 1.54) is 11.3 Å². The van der Waals surface area contributed by atoms with Gasteiger partial charge in [-0.3, -0.25) is 0 Å². The molecule has 3 aromatic rings. The molecule has 1 N–H and O–H groups in total. The molecule has 0 saturated carbocycles. The molecule has 6 heteroatoms. The topological polar surface area (TPSA) is 67.3 Å². The molecular weight excluding hydrogens is 222 g/mol. The predicted octanol–water partition coefficient (Wildman–Crippen LogP) is 1.79. The van der Waals surface area contributed by atoms with Crippen LogP contribution in [0.1, 0.15) is 0 Å². The van der Waals surface area contributed by atoms with Crippen molar-refractivity contribution < 1.29 is 0 Å². The summed E-state index contributed by atoms with van der Waals surface area (Å²) in [6.45, 7) is 0. The Hall–Kier alpha value is -2.08. The number of tetrazole rings is 1. The number of H-pyrrole nitrogens is 1. The largest absolute Gasteiger partial charge is 0.239 e. The maximum Gasteiger partial charge on any atom is 0.179 e. The Labute approximate surface area is 95.2 Å². The van der Waals surface area contributed by atoms with Crippen molar-refractivity contribution in [3.8, 4) is 22.6 Å². The van der Waals surface area contributed by atoms with Crippen LogP contribution in [-0.2, 0) is 0 Å². The number of hydrogen-bond acceptors (Lipinski definition) is 5. The maximum absolute atomic E-state index is 4.12. The van der Waals surface area contributed by atoms with Crippen LogP contribution in [0, 0.1) is 5.51 Å². The van der Waals surface area contributed by atoms with Crippen LogP contribution >= 0.6 is 11.3 Å². The van der Waals surface area contributed by atoms with Crippen molar-refractivity contribution in [2.75, 3.05) is 0 Å². The quantitative estimate of drug-likeness (QED) is 0.726. The lowest BCUT2D eigenvalue weighted by atomic mass is 10.1. The third kappa shape index (κ3) is 1.59. The van der Waals surface area contributed by atoms with E-state index in [-0.39, 0.29) is 0 Å². The average Bonchev–Trinajstić information content (AvgIpc) is 3.03. The summed E-state index contributed by atoms with van der Waals surface area (Å²) in [5.41, 5.74) is 5.78. The average molecular weight is 228 g/mol. The highest BCUT2D eigenvalue weighted by atomic mass is 32.1. The Kier molecular flexibility index (Phi) is 2.19. The highest BCUT2D eigenvalue weighted by molar-refractivity contribution is 7.07. The standard InChI is InChI=1S/C10H6N5S/c1-3-8(10-12-14-15-13-10)4-2-7(1)9-5-16-6-11-9/h1-5H,(H,12,13,14,15). The number of aromatic nitrogens is 5. The van der Waals surface area contributed by atoms with Crippen molar-refractivity contribution in [1.29, 1.82) is 0 Å². The lowest BCUT2D eigenvalue weighted by molar-refractivity contribution is 0.881. The van der Waals surface area contributed by atoms with Gasteiger partial charge in [-0.1, -0.05) is 24.3 Å². The van der Waals surface area contributed by atoms with Crippen molar-refractivity contribution in [2.24, 2.45) is 0 Å². The smallest absolute Gasteiger partial charge is 0.179 e. The first-order chi connectivity index (χ1) is 7.93. The second kappa shape index (κ2) is 3.82. The summed E-state index contributed by atoms with van der Waals surface area (Å²) in [5.74, 6) is 0.663. The predicted molar refractivity (Wildman–Crippen MR) is 59.6 cm³/mol. The molecule has 77 valence electrons. The van der Waals surface area contributed by atoms with Crippen LogP contribution in [0.2, 0.25) is 0 Å². The highest BCUT2D eigenvalue weighted by Crippen LogP contribution is 2.21. The molecule has 16 heavy (non-hydrogen) atoms. The second-order valence-electron chi connectivity index (χ2n) is 3.15. The minimum absolute atomic E-state index is 0.663. The van der Waals surface area contributed by atoms with Gasteiger partial charge in [-0.05, 0) is 10.4 Å². The van der Waals surface area contributed by atoms with Crippen molar-refractivity contribution in [1.82, 2.24) is 25.6 Å². The molecule has 0 spiro atoms. The zero-order chi connectivity index (χ0) is 10.8. The minimum Gasteiger partial charge on any atom is -0.239 e. The van der Waals surface area contributed by atoms with E-state index < -0.39 is 0 Å². The molecule has 0 saturated heterocycles. The molecule has 5 nitrogen and oxygen atoms in total. The Morgan fingerprint density at radius 1 is 1.12 bits per heavy atom. The third-order valence-electron chi connectivity index (χ3n) is 2.19. The van der Waals surface area contributed by atoms with Gasteiger partial charge >= 0.3 is 0 Å². The highest BCUT2D eigenvalue weighted by Gasteiger charge is 2.03. The summed E-state index contributed by atoms with van der Waals surface area (Å²) in [6, 6.07) is 7.88. The van der Waals surface area contributed by atoms with Crippen LogP contribution in [0.5, 0.6) is 0 Å². The fraction of sp³-hybridized carbons (Fsp3) is 0. The summed E-state index contributed by atoms with van der Waals surface area (Å²) in [5, 5.41) is 15.6. The van der Waals surface area contributed by atoms with Crippen molar-refractivity contribution in [2.45, 2.75) is 0 Å². The number of hydrogen-bond donors (Lipinski definition) is 1. The SMILES string of the molecule is [c]1nc(-c2ccc(-c3nnn[nH]3)cc2)cs1.